The van der Waals surface area contributed by atoms with E-state index in [1.54, 1.807) is 30.3 Å². The lowest BCUT2D eigenvalue weighted by Crippen LogP contribution is -2.28. The van der Waals surface area contributed by atoms with Gasteiger partial charge in [-0.3, -0.25) is 14.6 Å². The lowest BCUT2D eigenvalue weighted by Gasteiger charge is -2.20. The quantitative estimate of drug-likeness (QED) is 0.534. The fraction of sp³-hybridized carbons (Fsp3) is 0.261. The highest BCUT2D eigenvalue weighted by Crippen LogP contribution is 2.39. The van der Waals surface area contributed by atoms with E-state index in [2.05, 4.69) is 26.2 Å². The van der Waals surface area contributed by atoms with Gasteiger partial charge in [0.2, 0.25) is 0 Å². The molecule has 0 atom stereocenters. The van der Waals surface area contributed by atoms with E-state index in [9.17, 15) is 9.59 Å². The minimum absolute atomic E-state index is 0.0633. The molecule has 0 aliphatic heterocycles. The summed E-state index contributed by atoms with van der Waals surface area (Å²) in [5.74, 6) is -0.309. The van der Waals surface area contributed by atoms with Gasteiger partial charge in [0.1, 0.15) is 5.00 Å². The number of benzene rings is 1. The second-order valence-corrected chi connectivity index (χ2v) is 9.32. The molecule has 30 heavy (non-hydrogen) atoms. The van der Waals surface area contributed by atoms with Crippen molar-refractivity contribution in [3.8, 4) is 0 Å². The molecule has 0 fully saturated rings. The van der Waals surface area contributed by atoms with Crippen molar-refractivity contribution < 1.29 is 9.59 Å². The van der Waals surface area contributed by atoms with Gasteiger partial charge in [0.25, 0.3) is 11.8 Å². The third-order valence-electron chi connectivity index (χ3n) is 5.25. The number of fused-ring (bicyclic) bond motifs is 1. The van der Waals surface area contributed by atoms with Crippen molar-refractivity contribution in [2.45, 2.75) is 32.2 Å². The minimum Gasteiger partial charge on any atom is -0.337 e. The molecule has 1 aliphatic carbocycles. The van der Waals surface area contributed by atoms with E-state index in [-0.39, 0.29) is 11.8 Å². The summed E-state index contributed by atoms with van der Waals surface area (Å²) in [7, 11) is 1.81. The maximum Gasteiger partial charge on any atom is 0.257 e. The first-order valence-corrected chi connectivity index (χ1v) is 11.5. The van der Waals surface area contributed by atoms with Gasteiger partial charge in [0.05, 0.1) is 11.1 Å². The Balaban J connectivity index is 1.64. The Bertz CT molecular complexity index is 1080. The highest BCUT2D eigenvalue weighted by atomic mass is 79.9. The molecule has 2 heterocycles. The maximum atomic E-state index is 13.5. The highest BCUT2D eigenvalue weighted by molar-refractivity contribution is 9.10. The molecule has 154 valence electrons. The van der Waals surface area contributed by atoms with Crippen LogP contribution in [0.1, 0.15) is 49.6 Å². The number of hydrogen-bond donors (Lipinski definition) is 1. The summed E-state index contributed by atoms with van der Waals surface area (Å²) in [5, 5.41) is 3.62. The highest BCUT2D eigenvalue weighted by Gasteiger charge is 2.28. The minimum atomic E-state index is -0.246. The molecule has 3 aromatic rings. The summed E-state index contributed by atoms with van der Waals surface area (Å²) >= 11 is 5.09. The molecular formula is C23H22BrN3O2S. The van der Waals surface area contributed by atoms with Crippen molar-refractivity contribution >= 4 is 44.1 Å². The number of rotatable bonds is 5. The van der Waals surface area contributed by atoms with Crippen LogP contribution in [0, 0.1) is 0 Å². The summed E-state index contributed by atoms with van der Waals surface area (Å²) in [4.78, 5) is 33.2. The molecule has 0 bridgehead atoms. The van der Waals surface area contributed by atoms with Crippen LogP contribution in [0.3, 0.4) is 0 Å². The van der Waals surface area contributed by atoms with Crippen LogP contribution in [0.25, 0.3) is 0 Å². The summed E-state index contributed by atoms with van der Waals surface area (Å²) in [5.41, 5.74) is 3.25. The van der Waals surface area contributed by atoms with E-state index in [0.29, 0.717) is 22.7 Å². The number of halogens is 1. The normalized spacial score (nSPS) is 12.9. The molecule has 4 rings (SSSR count). The van der Waals surface area contributed by atoms with Crippen molar-refractivity contribution in [3.63, 3.8) is 0 Å². The zero-order chi connectivity index (χ0) is 21.1. The van der Waals surface area contributed by atoms with Crippen molar-refractivity contribution in [2.24, 2.45) is 0 Å². The molecule has 0 saturated heterocycles. The molecule has 1 aliphatic rings. The summed E-state index contributed by atoms with van der Waals surface area (Å²) in [6, 6.07) is 11.3. The number of carbonyl (C=O) groups excluding carboxylic acids is 2. The first kappa shape index (κ1) is 20.8. The molecule has 2 amide bonds. The number of anilines is 1. The molecular weight excluding hydrogens is 462 g/mol. The monoisotopic (exact) mass is 483 g/mol. The van der Waals surface area contributed by atoms with Gasteiger partial charge in [-0.25, -0.2) is 0 Å². The molecule has 0 unspecified atom stereocenters. The molecule has 5 nitrogen and oxygen atoms in total. The summed E-state index contributed by atoms with van der Waals surface area (Å²) in [6.45, 7) is 0.487. The Morgan fingerprint density at radius 1 is 1.17 bits per heavy atom. The number of aryl methyl sites for hydroxylation is 1. The second kappa shape index (κ2) is 9.10. The number of thiophene rings is 1. The zero-order valence-corrected chi connectivity index (χ0v) is 19.1. The number of carbonyl (C=O) groups is 2. The van der Waals surface area contributed by atoms with Crippen molar-refractivity contribution in [2.75, 3.05) is 12.4 Å². The van der Waals surface area contributed by atoms with Crippen LogP contribution < -0.4 is 5.32 Å². The van der Waals surface area contributed by atoms with Gasteiger partial charge in [-0.15, -0.1) is 11.3 Å². The first-order valence-electron chi connectivity index (χ1n) is 9.89. The molecule has 0 radical (unpaired) electrons. The van der Waals surface area contributed by atoms with Gasteiger partial charge in [0.15, 0.2) is 0 Å². The fourth-order valence-corrected chi connectivity index (χ4v) is 5.38. The predicted molar refractivity (Wildman–Crippen MR) is 123 cm³/mol. The van der Waals surface area contributed by atoms with Gasteiger partial charge in [-0.2, -0.15) is 0 Å². The smallest absolute Gasteiger partial charge is 0.257 e. The Morgan fingerprint density at radius 2 is 1.97 bits per heavy atom. The van der Waals surface area contributed by atoms with Gasteiger partial charge in [0, 0.05) is 35.3 Å². The van der Waals surface area contributed by atoms with Crippen LogP contribution in [0.2, 0.25) is 0 Å². The Hall–Kier alpha value is -2.51. The van der Waals surface area contributed by atoms with Gasteiger partial charge in [-0.05, 0) is 55.0 Å². The predicted octanol–water partition coefficient (Wildman–Crippen LogP) is 5.31. The van der Waals surface area contributed by atoms with Crippen LogP contribution >= 0.6 is 27.3 Å². The van der Waals surface area contributed by atoms with Crippen molar-refractivity contribution in [1.29, 1.82) is 0 Å². The molecule has 1 N–H and O–H groups in total. The fourth-order valence-electron chi connectivity index (χ4n) is 3.70. The number of nitrogens with zero attached hydrogens (tertiary/aromatic N) is 2. The van der Waals surface area contributed by atoms with Crippen molar-refractivity contribution in [3.05, 3.63) is 80.4 Å². The van der Waals surface area contributed by atoms with Crippen LogP contribution in [0.5, 0.6) is 0 Å². The van der Waals surface area contributed by atoms with Crippen LogP contribution in [0.4, 0.5) is 5.00 Å². The van der Waals surface area contributed by atoms with Crippen LogP contribution in [0.15, 0.2) is 53.3 Å². The average Bonchev–Trinajstić information content (AvgIpc) is 3.13. The van der Waals surface area contributed by atoms with Crippen LogP contribution in [-0.2, 0) is 19.4 Å². The SMILES string of the molecule is CN(Cc1ccccc1Br)C(=O)c1c(NC(=O)c2cccnc2)sc2c1CCCC2. The number of aromatic nitrogens is 1. The average molecular weight is 484 g/mol. The largest absolute Gasteiger partial charge is 0.337 e. The van der Waals surface area contributed by atoms with Gasteiger partial charge in [-0.1, -0.05) is 34.1 Å². The van der Waals surface area contributed by atoms with Crippen molar-refractivity contribution in [1.82, 2.24) is 9.88 Å². The topological polar surface area (TPSA) is 62.3 Å². The first-order chi connectivity index (χ1) is 14.5. The molecule has 0 spiro atoms. The number of amides is 2. The molecule has 0 saturated carbocycles. The lowest BCUT2D eigenvalue weighted by atomic mass is 9.95. The van der Waals surface area contributed by atoms with E-state index < -0.39 is 0 Å². The maximum absolute atomic E-state index is 13.5. The third-order valence-corrected chi connectivity index (χ3v) is 7.23. The number of pyridine rings is 1. The van der Waals surface area contributed by atoms with Gasteiger partial charge >= 0.3 is 0 Å². The second-order valence-electron chi connectivity index (χ2n) is 7.36. The molecule has 7 heteroatoms. The molecule has 1 aromatic carbocycles. The molecule has 2 aromatic heterocycles. The number of nitrogens with one attached hydrogen (secondary N) is 1. The van der Waals surface area contributed by atoms with E-state index in [1.807, 2.05) is 24.3 Å². The third kappa shape index (κ3) is 4.32. The Kier molecular flexibility index (Phi) is 6.29. The van der Waals surface area contributed by atoms with E-state index in [0.717, 1.165) is 41.3 Å². The Morgan fingerprint density at radius 3 is 2.73 bits per heavy atom. The standard InChI is InChI=1S/C23H22BrN3O2S/c1-27(14-16-7-2-4-10-18(16)24)23(29)20-17-9-3-5-11-19(17)30-22(20)26-21(28)15-8-6-12-25-13-15/h2,4,6-8,10,12-13H,3,5,9,11,14H2,1H3,(H,26,28). The summed E-state index contributed by atoms with van der Waals surface area (Å²) in [6.07, 6.45) is 7.17. The van der Waals surface area contributed by atoms with E-state index >= 15 is 0 Å². The lowest BCUT2D eigenvalue weighted by molar-refractivity contribution is 0.0785. The van der Waals surface area contributed by atoms with Crippen LogP contribution in [-0.4, -0.2) is 28.7 Å². The summed E-state index contributed by atoms with van der Waals surface area (Å²) < 4.78 is 0.974. The zero-order valence-electron chi connectivity index (χ0n) is 16.7. The Labute approximate surface area is 188 Å². The number of hydrogen-bond acceptors (Lipinski definition) is 4. The van der Waals surface area contributed by atoms with E-state index in [1.165, 1.54) is 22.4 Å². The van der Waals surface area contributed by atoms with E-state index in [4.69, 9.17) is 0 Å². The van der Waals surface area contributed by atoms with Gasteiger partial charge < -0.3 is 10.2 Å².